The maximum Gasteiger partial charge on any atom is 0.338 e. The first kappa shape index (κ1) is 14.9. The van der Waals surface area contributed by atoms with Crippen LogP contribution in [0.5, 0.6) is 5.75 Å². The molecular weight excluding hydrogens is 248 g/mol. The molecule has 0 aliphatic rings. The van der Waals surface area contributed by atoms with Crippen LogP contribution in [0.4, 0.5) is 0 Å². The van der Waals surface area contributed by atoms with E-state index in [1.165, 1.54) is 7.11 Å². The third kappa shape index (κ3) is 3.42. The minimum atomic E-state index is -0.329. The first-order valence-corrected chi connectivity index (χ1v) is 7.35. The number of methoxy groups -OCH3 is 1. The van der Waals surface area contributed by atoms with Crippen LogP contribution in [0.3, 0.4) is 0 Å². The predicted octanol–water partition coefficient (Wildman–Crippen LogP) is 3.12. The molecule has 18 heavy (non-hydrogen) atoms. The minimum Gasteiger partial charge on any atom is -0.465 e. The van der Waals surface area contributed by atoms with Crippen molar-refractivity contribution in [2.75, 3.05) is 13.4 Å². The van der Waals surface area contributed by atoms with E-state index in [2.05, 4.69) is 27.0 Å². The molecule has 0 aliphatic carbocycles. The lowest BCUT2D eigenvalue weighted by molar-refractivity contribution is 0.0599. The Kier molecular flexibility index (Phi) is 4.68. The molecule has 1 atom stereocenters. The van der Waals surface area contributed by atoms with Gasteiger partial charge >= 0.3 is 5.97 Å². The lowest BCUT2D eigenvalue weighted by Gasteiger charge is -2.17. The van der Waals surface area contributed by atoms with E-state index < -0.39 is 0 Å². The molecule has 0 fully saturated rings. The second-order valence-corrected chi connectivity index (χ2v) is 7.37. The summed E-state index contributed by atoms with van der Waals surface area (Å²) in [6.45, 7) is 8.28. The zero-order valence-electron chi connectivity index (χ0n) is 11.9. The highest BCUT2D eigenvalue weighted by atomic mass is 32.2. The van der Waals surface area contributed by atoms with E-state index in [1.54, 1.807) is 6.07 Å². The van der Waals surface area contributed by atoms with Crippen LogP contribution < -0.4 is 4.18 Å². The summed E-state index contributed by atoms with van der Waals surface area (Å²) in [6.07, 6.45) is 2.06. The van der Waals surface area contributed by atoms with Crippen LogP contribution in [-0.4, -0.2) is 24.1 Å². The molecular formula is C14H21O3S+. The van der Waals surface area contributed by atoms with Crippen molar-refractivity contribution in [1.29, 1.82) is 0 Å². The molecule has 1 unspecified atom stereocenters. The maximum atomic E-state index is 11.6. The molecule has 0 aliphatic heterocycles. The smallest absolute Gasteiger partial charge is 0.338 e. The van der Waals surface area contributed by atoms with Crippen LogP contribution in [-0.2, 0) is 15.9 Å². The Labute approximate surface area is 112 Å². The van der Waals surface area contributed by atoms with E-state index in [-0.39, 0.29) is 21.9 Å². The monoisotopic (exact) mass is 269 g/mol. The number of carbonyl (C=O) groups excluding carboxylic acids is 1. The molecule has 0 radical (unpaired) electrons. The summed E-state index contributed by atoms with van der Waals surface area (Å²) in [6, 6.07) is 5.45. The van der Waals surface area contributed by atoms with Gasteiger partial charge in [0.15, 0.2) is 21.7 Å². The van der Waals surface area contributed by atoms with E-state index in [1.807, 2.05) is 19.1 Å². The summed E-state index contributed by atoms with van der Waals surface area (Å²) in [7, 11) is 1.38. The van der Waals surface area contributed by atoms with Crippen molar-refractivity contribution >= 4 is 17.1 Å². The fourth-order valence-corrected chi connectivity index (χ4v) is 2.00. The number of benzene rings is 1. The molecule has 0 bridgehead atoms. The highest BCUT2D eigenvalue weighted by Crippen LogP contribution is 2.27. The normalized spacial score (nSPS) is 13.0. The highest BCUT2D eigenvalue weighted by molar-refractivity contribution is 7.93. The van der Waals surface area contributed by atoms with Gasteiger partial charge in [0, 0.05) is 5.56 Å². The molecule has 1 rings (SSSR count). The van der Waals surface area contributed by atoms with Gasteiger partial charge in [-0.25, -0.2) is 4.79 Å². The molecule has 1 aromatic rings. The van der Waals surface area contributed by atoms with Gasteiger partial charge < -0.3 is 4.74 Å². The average Bonchev–Trinajstić information content (AvgIpc) is 2.29. The van der Waals surface area contributed by atoms with Crippen LogP contribution in [0.15, 0.2) is 18.2 Å². The quantitative estimate of drug-likeness (QED) is 0.625. The van der Waals surface area contributed by atoms with Gasteiger partial charge in [0.1, 0.15) is 6.26 Å². The summed E-state index contributed by atoms with van der Waals surface area (Å²) in [5, 5.41) is 0. The molecule has 3 nitrogen and oxygen atoms in total. The molecule has 0 saturated carbocycles. The molecule has 0 aromatic heterocycles. The van der Waals surface area contributed by atoms with Crippen LogP contribution in [0, 0.1) is 6.92 Å². The Balaban J connectivity index is 3.01. The lowest BCUT2D eigenvalue weighted by Crippen LogP contribution is -2.31. The van der Waals surface area contributed by atoms with E-state index in [0.29, 0.717) is 5.56 Å². The zero-order chi connectivity index (χ0) is 13.9. The Morgan fingerprint density at radius 1 is 1.28 bits per heavy atom. The van der Waals surface area contributed by atoms with Gasteiger partial charge in [0.25, 0.3) is 0 Å². The standard InChI is InChI=1S/C14H21O3S/c1-10-11(13(15)16-5)8-7-9-12(10)17-18(6)14(2,3)4/h7-9H,1-6H3/q+1. The topological polar surface area (TPSA) is 35.5 Å². The second kappa shape index (κ2) is 5.65. The lowest BCUT2D eigenvalue weighted by atomic mass is 10.1. The van der Waals surface area contributed by atoms with Crippen LogP contribution in [0.1, 0.15) is 36.7 Å². The van der Waals surface area contributed by atoms with Crippen molar-refractivity contribution in [3.05, 3.63) is 29.3 Å². The van der Waals surface area contributed by atoms with Gasteiger partial charge in [-0.2, -0.15) is 0 Å². The van der Waals surface area contributed by atoms with Crippen LogP contribution in [0.25, 0.3) is 0 Å². The van der Waals surface area contributed by atoms with Crippen LogP contribution in [0.2, 0.25) is 0 Å². The van der Waals surface area contributed by atoms with E-state index in [0.717, 1.165) is 11.3 Å². The number of esters is 1. The van der Waals surface area contributed by atoms with Gasteiger partial charge in [-0.05, 0) is 39.8 Å². The van der Waals surface area contributed by atoms with Crippen molar-refractivity contribution in [3.8, 4) is 5.75 Å². The second-order valence-electron chi connectivity index (χ2n) is 5.07. The average molecular weight is 269 g/mol. The Bertz CT molecular complexity index is 435. The van der Waals surface area contributed by atoms with Gasteiger partial charge in [0.2, 0.25) is 0 Å². The molecule has 0 heterocycles. The first-order chi connectivity index (χ1) is 8.27. The molecule has 100 valence electrons. The first-order valence-electron chi connectivity index (χ1n) is 5.79. The fourth-order valence-electron chi connectivity index (χ4n) is 1.30. The highest BCUT2D eigenvalue weighted by Gasteiger charge is 2.34. The molecule has 0 amide bonds. The third-order valence-electron chi connectivity index (χ3n) is 2.77. The van der Waals surface area contributed by atoms with Crippen LogP contribution >= 0.6 is 0 Å². The molecule has 1 aromatic carbocycles. The number of hydrogen-bond acceptors (Lipinski definition) is 3. The van der Waals surface area contributed by atoms with Gasteiger partial charge in [-0.15, -0.1) is 0 Å². The van der Waals surface area contributed by atoms with E-state index >= 15 is 0 Å². The van der Waals surface area contributed by atoms with Gasteiger partial charge in [-0.3, -0.25) is 4.18 Å². The fraction of sp³-hybridized carbons (Fsp3) is 0.500. The van der Waals surface area contributed by atoms with Gasteiger partial charge in [0.05, 0.1) is 12.7 Å². The number of rotatable bonds is 3. The maximum absolute atomic E-state index is 11.6. The Morgan fingerprint density at radius 2 is 1.89 bits per heavy atom. The SMILES string of the molecule is COC(=O)c1cccc(O[S+](C)C(C)(C)C)c1C. The van der Waals surface area contributed by atoms with Gasteiger partial charge in [-0.1, -0.05) is 6.07 Å². The summed E-state index contributed by atoms with van der Waals surface area (Å²) in [5.41, 5.74) is 1.38. The number of ether oxygens (including phenoxy) is 1. The summed E-state index contributed by atoms with van der Waals surface area (Å²) in [4.78, 5) is 11.6. The number of hydrogen-bond donors (Lipinski definition) is 0. The van der Waals surface area contributed by atoms with E-state index in [9.17, 15) is 4.79 Å². The van der Waals surface area contributed by atoms with Crippen molar-refractivity contribution < 1.29 is 13.7 Å². The van der Waals surface area contributed by atoms with Crippen molar-refractivity contribution in [3.63, 3.8) is 0 Å². The third-order valence-corrected chi connectivity index (χ3v) is 4.92. The Morgan fingerprint density at radius 3 is 2.39 bits per heavy atom. The Hall–Kier alpha value is -1.16. The molecule has 0 N–H and O–H groups in total. The van der Waals surface area contributed by atoms with Crippen molar-refractivity contribution in [2.24, 2.45) is 0 Å². The summed E-state index contributed by atoms with van der Waals surface area (Å²) < 4.78 is 10.8. The summed E-state index contributed by atoms with van der Waals surface area (Å²) >= 11 is -0.224. The minimum absolute atomic E-state index is 0.0771. The number of carbonyl (C=O) groups is 1. The van der Waals surface area contributed by atoms with Crippen molar-refractivity contribution in [1.82, 2.24) is 0 Å². The molecule has 0 spiro atoms. The van der Waals surface area contributed by atoms with Crippen molar-refractivity contribution in [2.45, 2.75) is 32.4 Å². The predicted molar refractivity (Wildman–Crippen MR) is 76.2 cm³/mol. The molecule has 4 heteroatoms. The zero-order valence-corrected chi connectivity index (χ0v) is 12.7. The largest absolute Gasteiger partial charge is 0.465 e. The molecule has 0 saturated heterocycles. The summed E-state index contributed by atoms with van der Waals surface area (Å²) in [5.74, 6) is 0.420. The van der Waals surface area contributed by atoms with E-state index in [4.69, 9.17) is 8.92 Å².